The van der Waals surface area contributed by atoms with Gasteiger partial charge in [-0.15, -0.1) is 11.3 Å². The van der Waals surface area contributed by atoms with Gasteiger partial charge in [-0.05, 0) is 56.4 Å². The summed E-state index contributed by atoms with van der Waals surface area (Å²) < 4.78 is 8.16. The number of carbonyl (C=O) groups excluding carboxylic acids is 1. The van der Waals surface area contributed by atoms with Crippen LogP contribution in [0.2, 0.25) is 0 Å². The molecule has 4 aromatic rings. The number of para-hydroxylation sites is 2. The van der Waals surface area contributed by atoms with Crippen molar-refractivity contribution in [1.82, 2.24) is 9.97 Å². The minimum absolute atomic E-state index is 0.110. The molecule has 31 heavy (non-hydrogen) atoms. The predicted molar refractivity (Wildman–Crippen MR) is 128 cm³/mol. The summed E-state index contributed by atoms with van der Waals surface area (Å²) in [5.74, 6) is 0.138. The van der Waals surface area contributed by atoms with Crippen LogP contribution in [0.25, 0.3) is 20.4 Å². The first-order valence-electron chi connectivity index (χ1n) is 10.9. The smallest absolute Gasteiger partial charge is 0.228 e. The van der Waals surface area contributed by atoms with Crippen molar-refractivity contribution in [3.63, 3.8) is 0 Å². The molecule has 2 aromatic carbocycles. The van der Waals surface area contributed by atoms with Gasteiger partial charge in [0.05, 0.1) is 38.1 Å². The van der Waals surface area contributed by atoms with Crippen LogP contribution in [0.3, 0.4) is 0 Å². The first-order chi connectivity index (χ1) is 15.3. The molecule has 1 aliphatic heterocycles. The molecule has 1 saturated heterocycles. The summed E-state index contributed by atoms with van der Waals surface area (Å²) >= 11 is 3.34. The number of carbonyl (C=O) groups is 1. The van der Waals surface area contributed by atoms with Gasteiger partial charge in [-0.2, -0.15) is 0 Å². The molecule has 160 valence electrons. The molecule has 0 spiro atoms. The van der Waals surface area contributed by atoms with Crippen LogP contribution in [-0.4, -0.2) is 35.1 Å². The number of ether oxygens (including phenoxy) is 1. The molecule has 2 aromatic heterocycles. The molecule has 0 saturated carbocycles. The van der Waals surface area contributed by atoms with Crippen LogP contribution in [0.4, 0.5) is 5.13 Å². The van der Waals surface area contributed by atoms with Crippen molar-refractivity contribution in [1.29, 1.82) is 0 Å². The summed E-state index contributed by atoms with van der Waals surface area (Å²) in [7, 11) is 0. The van der Waals surface area contributed by atoms with E-state index in [-0.39, 0.29) is 12.0 Å². The fourth-order valence-corrected chi connectivity index (χ4v) is 5.97. The number of anilines is 1. The van der Waals surface area contributed by atoms with Gasteiger partial charge in [-0.1, -0.05) is 35.6 Å². The molecule has 3 heterocycles. The highest BCUT2D eigenvalue weighted by molar-refractivity contribution is 7.22. The fraction of sp³-hybridized carbons (Fsp3) is 0.375. The highest BCUT2D eigenvalue weighted by Gasteiger charge is 2.25. The third kappa shape index (κ3) is 4.79. The van der Waals surface area contributed by atoms with Crippen LogP contribution < -0.4 is 4.90 Å². The van der Waals surface area contributed by atoms with Gasteiger partial charge in [0.25, 0.3) is 0 Å². The van der Waals surface area contributed by atoms with Crippen LogP contribution >= 0.6 is 22.7 Å². The maximum absolute atomic E-state index is 13.2. The van der Waals surface area contributed by atoms with Crippen LogP contribution in [0.5, 0.6) is 0 Å². The molecule has 0 radical (unpaired) electrons. The minimum Gasteiger partial charge on any atom is -0.376 e. The SMILES string of the molecule is O=C(CCCCc1nc2ccccc2s1)N(C[C@@H]1CCCO1)c1nc2ccccc2s1. The highest BCUT2D eigenvalue weighted by atomic mass is 32.1. The maximum atomic E-state index is 13.2. The number of aryl methyl sites for hydroxylation is 1. The summed E-state index contributed by atoms with van der Waals surface area (Å²) in [6.45, 7) is 1.38. The molecule has 1 atom stereocenters. The summed E-state index contributed by atoms with van der Waals surface area (Å²) in [5.41, 5.74) is 2.01. The van der Waals surface area contributed by atoms with Gasteiger partial charge in [0.2, 0.25) is 5.91 Å². The van der Waals surface area contributed by atoms with Gasteiger partial charge < -0.3 is 4.74 Å². The van der Waals surface area contributed by atoms with Crippen molar-refractivity contribution in [3.8, 4) is 0 Å². The standard InChI is InChI=1S/C24H25N3O2S2/c28-23(14-6-5-13-22-25-18-9-1-3-11-20(18)30-22)27(16-17-8-7-15-29-17)24-26-19-10-2-4-12-21(19)31-24/h1-4,9-12,17H,5-8,13-16H2/t17-/m0/s1. The van der Waals surface area contributed by atoms with E-state index in [2.05, 4.69) is 18.2 Å². The number of rotatable bonds is 8. The Morgan fingerprint density at radius 1 is 1.00 bits per heavy atom. The zero-order valence-corrected chi connectivity index (χ0v) is 19.0. The lowest BCUT2D eigenvalue weighted by Crippen LogP contribution is -2.37. The molecular formula is C24H25N3O2S2. The molecule has 1 amide bonds. The number of benzene rings is 2. The van der Waals surface area contributed by atoms with Crippen LogP contribution in [0.1, 0.15) is 37.1 Å². The third-order valence-corrected chi connectivity index (χ3v) is 7.75. The maximum Gasteiger partial charge on any atom is 0.228 e. The zero-order chi connectivity index (χ0) is 21.0. The van der Waals surface area contributed by atoms with Crippen molar-refractivity contribution in [2.45, 2.75) is 44.6 Å². The van der Waals surface area contributed by atoms with Gasteiger partial charge in [-0.3, -0.25) is 9.69 Å². The zero-order valence-electron chi connectivity index (χ0n) is 17.3. The van der Waals surface area contributed by atoms with Crippen LogP contribution in [0, 0.1) is 0 Å². The molecule has 0 aliphatic carbocycles. The lowest BCUT2D eigenvalue weighted by atomic mass is 10.1. The first-order valence-corrected chi connectivity index (χ1v) is 12.5. The van der Waals surface area contributed by atoms with Crippen molar-refractivity contribution in [2.24, 2.45) is 0 Å². The number of hydrogen-bond donors (Lipinski definition) is 0. The van der Waals surface area contributed by atoms with Gasteiger partial charge in [0, 0.05) is 13.0 Å². The summed E-state index contributed by atoms with van der Waals surface area (Å²) in [5, 5.41) is 1.93. The lowest BCUT2D eigenvalue weighted by molar-refractivity contribution is -0.119. The largest absolute Gasteiger partial charge is 0.376 e. The van der Waals surface area contributed by atoms with Gasteiger partial charge in [-0.25, -0.2) is 9.97 Å². The Hall–Kier alpha value is -2.35. The second-order valence-electron chi connectivity index (χ2n) is 7.89. The summed E-state index contributed by atoms with van der Waals surface area (Å²) in [6, 6.07) is 16.3. The second-order valence-corrected chi connectivity index (χ2v) is 10.0. The molecular weight excluding hydrogens is 426 g/mol. The van der Waals surface area contributed by atoms with E-state index in [9.17, 15) is 4.79 Å². The van der Waals surface area contributed by atoms with E-state index in [1.165, 1.54) is 4.70 Å². The molecule has 5 nitrogen and oxygen atoms in total. The van der Waals surface area contributed by atoms with Crippen molar-refractivity contribution in [3.05, 3.63) is 53.5 Å². The summed E-state index contributed by atoms with van der Waals surface area (Å²) in [6.07, 6.45) is 5.42. The molecule has 5 rings (SSSR count). The number of thiazole rings is 2. The summed E-state index contributed by atoms with van der Waals surface area (Å²) in [4.78, 5) is 24.5. The predicted octanol–water partition coefficient (Wildman–Crippen LogP) is 5.83. The van der Waals surface area contributed by atoms with E-state index in [1.54, 1.807) is 22.7 Å². The van der Waals surface area contributed by atoms with Crippen molar-refractivity contribution in [2.75, 3.05) is 18.1 Å². The number of aromatic nitrogens is 2. The van der Waals surface area contributed by atoms with E-state index in [4.69, 9.17) is 14.7 Å². The minimum atomic E-state index is 0.110. The van der Waals surface area contributed by atoms with Gasteiger partial charge >= 0.3 is 0 Å². The Kier molecular flexibility index (Phi) is 6.25. The van der Waals surface area contributed by atoms with E-state index < -0.39 is 0 Å². The Morgan fingerprint density at radius 2 is 1.74 bits per heavy atom. The number of nitrogens with zero attached hydrogens (tertiary/aromatic N) is 3. The van der Waals surface area contributed by atoms with E-state index in [0.29, 0.717) is 13.0 Å². The average Bonchev–Trinajstić information content (AvgIpc) is 3.53. The Labute approximate surface area is 189 Å². The lowest BCUT2D eigenvalue weighted by Gasteiger charge is -2.23. The number of amides is 1. The average molecular weight is 452 g/mol. The fourth-order valence-electron chi connectivity index (χ4n) is 3.97. The monoisotopic (exact) mass is 451 g/mol. The van der Waals surface area contributed by atoms with Crippen LogP contribution in [-0.2, 0) is 16.0 Å². The molecule has 7 heteroatoms. The van der Waals surface area contributed by atoms with Gasteiger partial charge in [0.15, 0.2) is 5.13 Å². The van der Waals surface area contributed by atoms with Gasteiger partial charge in [0.1, 0.15) is 0 Å². The van der Waals surface area contributed by atoms with Crippen molar-refractivity contribution < 1.29 is 9.53 Å². The second kappa shape index (κ2) is 9.42. The third-order valence-electron chi connectivity index (χ3n) is 5.59. The van der Waals surface area contributed by atoms with E-state index >= 15 is 0 Å². The Balaban J connectivity index is 1.23. The van der Waals surface area contributed by atoms with Crippen LogP contribution in [0.15, 0.2) is 48.5 Å². The molecule has 0 bridgehead atoms. The number of unbranched alkanes of at least 4 members (excludes halogenated alkanes) is 1. The normalized spacial score (nSPS) is 16.3. The number of fused-ring (bicyclic) bond motifs is 2. The first kappa shape index (κ1) is 20.5. The highest BCUT2D eigenvalue weighted by Crippen LogP contribution is 2.30. The van der Waals surface area contributed by atoms with E-state index in [0.717, 1.165) is 64.6 Å². The molecule has 1 fully saturated rings. The Morgan fingerprint density at radius 3 is 2.45 bits per heavy atom. The quantitative estimate of drug-likeness (QED) is 0.316. The topological polar surface area (TPSA) is 55.3 Å². The Bertz CT molecular complexity index is 1110. The number of hydrogen-bond acceptors (Lipinski definition) is 6. The molecule has 0 unspecified atom stereocenters. The molecule has 1 aliphatic rings. The molecule has 0 N–H and O–H groups in total. The van der Waals surface area contributed by atoms with E-state index in [1.807, 2.05) is 35.2 Å². The van der Waals surface area contributed by atoms with Crippen molar-refractivity contribution >= 4 is 54.1 Å².